The molecule has 1 fully saturated rings. The summed E-state index contributed by atoms with van der Waals surface area (Å²) in [4.78, 5) is 15.6. The molecule has 0 aliphatic heterocycles. The maximum absolute atomic E-state index is 13.4. The van der Waals surface area contributed by atoms with Crippen LogP contribution >= 0.6 is 11.6 Å². The zero-order valence-electron chi connectivity index (χ0n) is 10.6. The van der Waals surface area contributed by atoms with Crippen LogP contribution < -0.4 is 0 Å². The number of hydrogen-bond donors (Lipinski definition) is 1. The average Bonchev–Trinajstić information content (AvgIpc) is 2.82. The van der Waals surface area contributed by atoms with E-state index in [-0.39, 0.29) is 10.9 Å². The van der Waals surface area contributed by atoms with E-state index < -0.39 is 17.7 Å². The van der Waals surface area contributed by atoms with Crippen LogP contribution in [0.5, 0.6) is 0 Å². The van der Waals surface area contributed by atoms with Crippen molar-refractivity contribution in [2.45, 2.75) is 31.6 Å². The first-order chi connectivity index (χ1) is 9.56. The summed E-state index contributed by atoms with van der Waals surface area (Å²) in [5, 5.41) is 9.26. The Morgan fingerprint density at radius 2 is 2.15 bits per heavy atom. The van der Waals surface area contributed by atoms with E-state index in [4.69, 9.17) is 16.0 Å². The Hall–Kier alpha value is -1.62. The standard InChI is InChI=1S/C14H13ClFNO3/c15-9-5-11-12(6-10(9)16)20-13(17-11)7-3-1-2-4-8(7)14(18)19/h5-8H,1-4H2,(H,18,19). The summed E-state index contributed by atoms with van der Waals surface area (Å²) in [6, 6.07) is 2.59. The summed E-state index contributed by atoms with van der Waals surface area (Å²) in [7, 11) is 0. The number of fused-ring (bicyclic) bond motifs is 1. The van der Waals surface area contributed by atoms with Gasteiger partial charge in [0.1, 0.15) is 11.3 Å². The first-order valence-corrected chi connectivity index (χ1v) is 6.92. The van der Waals surface area contributed by atoms with Crippen molar-refractivity contribution in [3.8, 4) is 0 Å². The summed E-state index contributed by atoms with van der Waals surface area (Å²) >= 11 is 5.71. The predicted molar refractivity (Wildman–Crippen MR) is 71.3 cm³/mol. The van der Waals surface area contributed by atoms with Gasteiger partial charge in [0, 0.05) is 12.0 Å². The third-order valence-electron chi connectivity index (χ3n) is 3.85. The van der Waals surface area contributed by atoms with Crippen LogP contribution in [0.15, 0.2) is 16.5 Å². The number of nitrogens with zero attached hydrogens (tertiary/aromatic N) is 1. The highest BCUT2D eigenvalue weighted by Crippen LogP contribution is 2.39. The van der Waals surface area contributed by atoms with Gasteiger partial charge in [-0.15, -0.1) is 0 Å². The molecule has 0 saturated heterocycles. The average molecular weight is 298 g/mol. The number of hydrogen-bond acceptors (Lipinski definition) is 3. The number of carbonyl (C=O) groups is 1. The molecule has 106 valence electrons. The Labute approximate surface area is 119 Å². The Morgan fingerprint density at radius 1 is 1.40 bits per heavy atom. The second kappa shape index (κ2) is 5.05. The van der Waals surface area contributed by atoms with Gasteiger partial charge in [-0.3, -0.25) is 4.79 Å². The lowest BCUT2D eigenvalue weighted by Gasteiger charge is -2.25. The molecular weight excluding hydrogens is 285 g/mol. The van der Waals surface area contributed by atoms with Gasteiger partial charge in [-0.2, -0.15) is 0 Å². The fourth-order valence-electron chi connectivity index (χ4n) is 2.82. The van der Waals surface area contributed by atoms with Crippen LogP contribution in [0.1, 0.15) is 37.5 Å². The highest BCUT2D eigenvalue weighted by molar-refractivity contribution is 6.31. The second-order valence-electron chi connectivity index (χ2n) is 5.12. The predicted octanol–water partition coefficient (Wildman–Crippen LogP) is 3.98. The molecule has 0 amide bonds. The van der Waals surface area contributed by atoms with Crippen molar-refractivity contribution in [3.63, 3.8) is 0 Å². The van der Waals surface area contributed by atoms with E-state index in [0.29, 0.717) is 23.4 Å². The van der Waals surface area contributed by atoms with E-state index >= 15 is 0 Å². The summed E-state index contributed by atoms with van der Waals surface area (Å²) < 4.78 is 18.9. The first kappa shape index (κ1) is 13.4. The molecule has 2 aromatic rings. The van der Waals surface area contributed by atoms with Crippen LogP contribution in [0.3, 0.4) is 0 Å². The lowest BCUT2D eigenvalue weighted by atomic mass is 9.79. The molecule has 0 radical (unpaired) electrons. The minimum Gasteiger partial charge on any atom is -0.481 e. The minimum atomic E-state index is -0.832. The maximum Gasteiger partial charge on any atom is 0.307 e. The number of benzene rings is 1. The molecule has 2 atom stereocenters. The second-order valence-corrected chi connectivity index (χ2v) is 5.53. The topological polar surface area (TPSA) is 63.3 Å². The van der Waals surface area contributed by atoms with Gasteiger partial charge >= 0.3 is 5.97 Å². The smallest absolute Gasteiger partial charge is 0.307 e. The number of carboxylic acids is 1. The molecule has 1 saturated carbocycles. The van der Waals surface area contributed by atoms with Crippen LogP contribution in [-0.2, 0) is 4.79 Å². The molecular formula is C14H13ClFNO3. The van der Waals surface area contributed by atoms with Crippen LogP contribution in [0, 0.1) is 11.7 Å². The van der Waals surface area contributed by atoms with E-state index in [1.54, 1.807) is 0 Å². The van der Waals surface area contributed by atoms with Gasteiger partial charge in [-0.1, -0.05) is 24.4 Å². The minimum absolute atomic E-state index is 0.0178. The van der Waals surface area contributed by atoms with Crippen molar-refractivity contribution < 1.29 is 18.7 Å². The van der Waals surface area contributed by atoms with E-state index in [2.05, 4.69) is 4.98 Å². The van der Waals surface area contributed by atoms with E-state index in [9.17, 15) is 14.3 Å². The lowest BCUT2D eigenvalue weighted by Crippen LogP contribution is -2.25. The molecule has 1 aliphatic carbocycles. The normalized spacial score (nSPS) is 23.1. The van der Waals surface area contributed by atoms with Gasteiger partial charge in [-0.25, -0.2) is 9.37 Å². The summed E-state index contributed by atoms with van der Waals surface area (Å²) in [5.74, 6) is -1.78. The lowest BCUT2D eigenvalue weighted by molar-refractivity contribution is -0.143. The molecule has 1 aromatic carbocycles. The highest BCUT2D eigenvalue weighted by Gasteiger charge is 2.35. The molecule has 0 spiro atoms. The van der Waals surface area contributed by atoms with Gasteiger partial charge in [-0.05, 0) is 18.9 Å². The number of aliphatic carboxylic acids is 1. The molecule has 3 rings (SSSR count). The van der Waals surface area contributed by atoms with Crippen LogP contribution in [0.2, 0.25) is 5.02 Å². The zero-order chi connectivity index (χ0) is 14.3. The summed E-state index contributed by atoms with van der Waals surface area (Å²) in [6.07, 6.45) is 3.18. The molecule has 1 aromatic heterocycles. The van der Waals surface area contributed by atoms with Gasteiger partial charge in [0.05, 0.1) is 10.9 Å². The molecule has 1 aliphatic rings. The van der Waals surface area contributed by atoms with Crippen molar-refractivity contribution in [2.24, 2.45) is 5.92 Å². The quantitative estimate of drug-likeness (QED) is 0.910. The Bertz CT molecular complexity index is 631. The van der Waals surface area contributed by atoms with Crippen LogP contribution in [-0.4, -0.2) is 16.1 Å². The van der Waals surface area contributed by atoms with Gasteiger partial charge in [0.15, 0.2) is 11.5 Å². The van der Waals surface area contributed by atoms with Gasteiger partial charge in [0.25, 0.3) is 0 Å². The third kappa shape index (κ3) is 2.26. The summed E-state index contributed by atoms with van der Waals surface area (Å²) in [6.45, 7) is 0. The van der Waals surface area contributed by atoms with Crippen molar-refractivity contribution in [2.75, 3.05) is 0 Å². The molecule has 2 unspecified atom stereocenters. The Balaban J connectivity index is 2.02. The SMILES string of the molecule is O=C(O)C1CCCCC1c1nc2cc(Cl)c(F)cc2o1. The molecule has 6 heteroatoms. The monoisotopic (exact) mass is 297 g/mol. The van der Waals surface area contributed by atoms with Crippen LogP contribution in [0.4, 0.5) is 4.39 Å². The third-order valence-corrected chi connectivity index (χ3v) is 4.14. The molecule has 1 heterocycles. The largest absolute Gasteiger partial charge is 0.481 e. The number of halogens is 2. The number of rotatable bonds is 2. The zero-order valence-corrected chi connectivity index (χ0v) is 11.4. The van der Waals surface area contributed by atoms with Crippen molar-refractivity contribution >= 4 is 28.7 Å². The van der Waals surface area contributed by atoms with Gasteiger partial charge in [0.2, 0.25) is 0 Å². The fraction of sp³-hybridized carbons (Fsp3) is 0.429. The number of carboxylic acid groups (broad SMARTS) is 1. The van der Waals surface area contributed by atoms with Crippen molar-refractivity contribution in [3.05, 3.63) is 28.9 Å². The molecule has 1 N–H and O–H groups in total. The Morgan fingerprint density at radius 3 is 2.90 bits per heavy atom. The Kier molecular flexibility index (Phi) is 3.38. The van der Waals surface area contributed by atoms with E-state index in [0.717, 1.165) is 19.3 Å². The van der Waals surface area contributed by atoms with Gasteiger partial charge < -0.3 is 9.52 Å². The van der Waals surface area contributed by atoms with Crippen molar-refractivity contribution in [1.82, 2.24) is 4.98 Å². The molecule has 0 bridgehead atoms. The van der Waals surface area contributed by atoms with Crippen molar-refractivity contribution in [1.29, 1.82) is 0 Å². The maximum atomic E-state index is 13.4. The number of aromatic nitrogens is 1. The van der Waals surface area contributed by atoms with E-state index in [1.165, 1.54) is 12.1 Å². The number of oxazole rings is 1. The van der Waals surface area contributed by atoms with E-state index in [1.807, 2.05) is 0 Å². The highest BCUT2D eigenvalue weighted by atomic mass is 35.5. The fourth-order valence-corrected chi connectivity index (χ4v) is 2.98. The molecule has 20 heavy (non-hydrogen) atoms. The summed E-state index contributed by atoms with van der Waals surface area (Å²) in [5.41, 5.74) is 0.762. The molecule has 4 nitrogen and oxygen atoms in total. The first-order valence-electron chi connectivity index (χ1n) is 6.54. The van der Waals surface area contributed by atoms with Crippen LogP contribution in [0.25, 0.3) is 11.1 Å².